The number of rotatable bonds is 6. The number of H-pyrrole nitrogens is 1. The smallest absolute Gasteiger partial charge is 0.222 e. The quantitative estimate of drug-likeness (QED) is 0.701. The van der Waals surface area contributed by atoms with Crippen molar-refractivity contribution in [2.24, 2.45) is 0 Å². The van der Waals surface area contributed by atoms with Gasteiger partial charge >= 0.3 is 0 Å². The Balaban J connectivity index is 1.73. The molecule has 2 heterocycles. The number of hydrogen-bond acceptors (Lipinski definition) is 2. The zero-order valence-corrected chi connectivity index (χ0v) is 16.3. The van der Waals surface area contributed by atoms with E-state index in [2.05, 4.69) is 48.2 Å². The highest BCUT2D eigenvalue weighted by Crippen LogP contribution is 2.26. The van der Waals surface area contributed by atoms with Crippen molar-refractivity contribution in [2.45, 2.75) is 60.0 Å². The van der Waals surface area contributed by atoms with Crippen LogP contribution in [-0.2, 0) is 17.8 Å². The molecule has 3 aromatic rings. The normalized spacial score (nSPS) is 12.5. The summed E-state index contributed by atoms with van der Waals surface area (Å²) in [5.41, 5.74) is 6.07. The largest absolute Gasteiger partial charge is 0.358 e. The number of imidazole rings is 1. The molecule has 5 nitrogen and oxygen atoms in total. The molecule has 0 radical (unpaired) electrons. The van der Waals surface area contributed by atoms with Crippen LogP contribution < -0.4 is 5.32 Å². The topological polar surface area (TPSA) is 62.7 Å². The van der Waals surface area contributed by atoms with Crippen LogP contribution in [0.3, 0.4) is 0 Å². The Hall–Kier alpha value is -2.56. The van der Waals surface area contributed by atoms with Crippen LogP contribution in [0.15, 0.2) is 24.5 Å². The Labute approximate surface area is 154 Å². The van der Waals surface area contributed by atoms with Gasteiger partial charge in [0.1, 0.15) is 5.82 Å². The maximum Gasteiger partial charge on any atom is 0.222 e. The average Bonchev–Trinajstić information content (AvgIpc) is 3.16. The lowest BCUT2D eigenvalue weighted by Gasteiger charge is -2.15. The van der Waals surface area contributed by atoms with Gasteiger partial charge in [-0.25, -0.2) is 4.98 Å². The summed E-state index contributed by atoms with van der Waals surface area (Å²) in [6.07, 6.45) is 5.11. The number of aromatic nitrogens is 3. The Kier molecular flexibility index (Phi) is 5.16. The third-order valence-electron chi connectivity index (χ3n) is 5.14. The SMILES string of the molecule is CCc1[nH]c2c(CNC(=O)CC(C)n3ccnc3C)cc(C)cc2c1C. The number of carbonyl (C=O) groups excluding carboxylic acids is 1. The van der Waals surface area contributed by atoms with Crippen LogP contribution in [0.4, 0.5) is 0 Å². The van der Waals surface area contributed by atoms with Crippen LogP contribution in [0.5, 0.6) is 0 Å². The molecule has 5 heteroatoms. The molecule has 0 aliphatic rings. The van der Waals surface area contributed by atoms with Crippen molar-refractivity contribution in [3.63, 3.8) is 0 Å². The van der Waals surface area contributed by atoms with Gasteiger partial charge in [-0.2, -0.15) is 0 Å². The summed E-state index contributed by atoms with van der Waals surface area (Å²) < 4.78 is 2.03. The summed E-state index contributed by atoms with van der Waals surface area (Å²) in [4.78, 5) is 20.2. The number of carbonyl (C=O) groups is 1. The third-order valence-corrected chi connectivity index (χ3v) is 5.14. The average molecular weight is 352 g/mol. The van der Waals surface area contributed by atoms with Gasteiger partial charge in [0.2, 0.25) is 5.91 Å². The van der Waals surface area contributed by atoms with Crippen molar-refractivity contribution >= 4 is 16.8 Å². The highest BCUT2D eigenvalue weighted by Gasteiger charge is 2.14. The minimum absolute atomic E-state index is 0.0549. The number of amides is 1. The fourth-order valence-electron chi connectivity index (χ4n) is 3.69. The molecule has 0 saturated heterocycles. The fraction of sp³-hybridized carbons (Fsp3) is 0.429. The van der Waals surface area contributed by atoms with Crippen molar-refractivity contribution in [1.29, 1.82) is 0 Å². The van der Waals surface area contributed by atoms with E-state index >= 15 is 0 Å². The molecule has 2 aromatic heterocycles. The molecule has 0 fully saturated rings. The standard InChI is InChI=1S/C21H28N4O/c1-6-19-15(4)18-10-13(2)9-17(21(18)24-19)12-23-20(26)11-14(3)25-8-7-22-16(25)5/h7-10,14,24H,6,11-12H2,1-5H3,(H,23,26). The van der Waals surface area contributed by atoms with Crippen molar-refractivity contribution in [3.05, 3.63) is 52.7 Å². The van der Waals surface area contributed by atoms with E-state index < -0.39 is 0 Å². The summed E-state index contributed by atoms with van der Waals surface area (Å²) in [6, 6.07) is 4.46. The third kappa shape index (κ3) is 3.52. The minimum atomic E-state index is 0.0549. The van der Waals surface area contributed by atoms with Crippen LogP contribution in [0.2, 0.25) is 0 Å². The first kappa shape index (κ1) is 18.2. The van der Waals surface area contributed by atoms with E-state index in [1.807, 2.05) is 24.6 Å². The molecule has 0 bridgehead atoms. The number of hydrogen-bond donors (Lipinski definition) is 2. The summed E-state index contributed by atoms with van der Waals surface area (Å²) in [5.74, 6) is 0.985. The first-order chi connectivity index (χ1) is 12.4. The maximum atomic E-state index is 12.4. The molecule has 1 aromatic carbocycles. The number of nitrogens with zero attached hydrogens (tertiary/aromatic N) is 2. The molecule has 138 valence electrons. The van der Waals surface area contributed by atoms with Gasteiger partial charge in [-0.1, -0.05) is 18.6 Å². The molecule has 0 spiro atoms. The van der Waals surface area contributed by atoms with Gasteiger partial charge in [-0.3, -0.25) is 4.79 Å². The van der Waals surface area contributed by atoms with Gasteiger partial charge in [-0.15, -0.1) is 0 Å². The molecule has 1 atom stereocenters. The molecule has 3 rings (SSSR count). The van der Waals surface area contributed by atoms with E-state index in [4.69, 9.17) is 0 Å². The van der Waals surface area contributed by atoms with E-state index in [-0.39, 0.29) is 11.9 Å². The Morgan fingerprint density at radius 3 is 2.73 bits per heavy atom. The van der Waals surface area contributed by atoms with E-state index in [0.29, 0.717) is 13.0 Å². The summed E-state index contributed by atoms with van der Waals surface area (Å²) in [7, 11) is 0. The van der Waals surface area contributed by atoms with E-state index in [1.165, 1.54) is 22.2 Å². The summed E-state index contributed by atoms with van der Waals surface area (Å²) >= 11 is 0. The van der Waals surface area contributed by atoms with Crippen LogP contribution in [0.1, 0.15) is 54.5 Å². The molecular weight excluding hydrogens is 324 g/mol. The number of benzene rings is 1. The van der Waals surface area contributed by atoms with Crippen LogP contribution >= 0.6 is 0 Å². The number of aromatic amines is 1. The predicted molar refractivity (Wildman–Crippen MR) is 105 cm³/mol. The molecule has 1 amide bonds. The van der Waals surface area contributed by atoms with E-state index in [9.17, 15) is 4.79 Å². The second-order valence-corrected chi connectivity index (χ2v) is 7.14. The van der Waals surface area contributed by atoms with Crippen molar-refractivity contribution < 1.29 is 4.79 Å². The zero-order chi connectivity index (χ0) is 18.8. The van der Waals surface area contributed by atoms with Gasteiger partial charge in [-0.05, 0) is 51.3 Å². The van der Waals surface area contributed by atoms with Gasteiger partial charge < -0.3 is 14.9 Å². The van der Waals surface area contributed by atoms with Crippen LogP contribution in [-0.4, -0.2) is 20.4 Å². The highest BCUT2D eigenvalue weighted by molar-refractivity contribution is 5.88. The second-order valence-electron chi connectivity index (χ2n) is 7.14. The zero-order valence-electron chi connectivity index (χ0n) is 16.3. The van der Waals surface area contributed by atoms with Gasteiger partial charge in [0, 0.05) is 42.5 Å². The fourth-order valence-corrected chi connectivity index (χ4v) is 3.69. The number of fused-ring (bicyclic) bond motifs is 1. The molecule has 26 heavy (non-hydrogen) atoms. The summed E-state index contributed by atoms with van der Waals surface area (Å²) in [5, 5.41) is 4.34. The molecule has 0 aliphatic carbocycles. The molecule has 2 N–H and O–H groups in total. The highest BCUT2D eigenvalue weighted by atomic mass is 16.1. The van der Waals surface area contributed by atoms with E-state index in [1.54, 1.807) is 6.20 Å². The summed E-state index contributed by atoms with van der Waals surface area (Å²) in [6.45, 7) is 11.0. The van der Waals surface area contributed by atoms with Crippen molar-refractivity contribution in [2.75, 3.05) is 0 Å². The van der Waals surface area contributed by atoms with Crippen molar-refractivity contribution in [3.8, 4) is 0 Å². The lowest BCUT2D eigenvalue weighted by molar-refractivity contribution is -0.121. The lowest BCUT2D eigenvalue weighted by Crippen LogP contribution is -2.25. The first-order valence-corrected chi connectivity index (χ1v) is 9.27. The number of aryl methyl sites for hydroxylation is 4. The molecule has 0 aliphatic heterocycles. The Bertz CT molecular complexity index is 935. The second kappa shape index (κ2) is 7.36. The maximum absolute atomic E-state index is 12.4. The minimum Gasteiger partial charge on any atom is -0.358 e. The predicted octanol–water partition coefficient (Wildman–Crippen LogP) is 4.12. The molecule has 1 unspecified atom stereocenters. The Morgan fingerprint density at radius 1 is 1.31 bits per heavy atom. The molecule has 0 saturated carbocycles. The monoisotopic (exact) mass is 352 g/mol. The van der Waals surface area contributed by atoms with Crippen molar-refractivity contribution in [1.82, 2.24) is 19.9 Å². The van der Waals surface area contributed by atoms with E-state index in [0.717, 1.165) is 23.3 Å². The Morgan fingerprint density at radius 2 is 2.08 bits per heavy atom. The number of nitrogens with one attached hydrogen (secondary N) is 2. The first-order valence-electron chi connectivity index (χ1n) is 9.27. The van der Waals surface area contributed by atoms with Gasteiger partial charge in [0.25, 0.3) is 0 Å². The van der Waals surface area contributed by atoms with Crippen LogP contribution in [0.25, 0.3) is 10.9 Å². The van der Waals surface area contributed by atoms with Crippen LogP contribution in [0, 0.1) is 20.8 Å². The van der Waals surface area contributed by atoms with Gasteiger partial charge in [0.15, 0.2) is 0 Å². The lowest BCUT2D eigenvalue weighted by atomic mass is 10.0. The molecular formula is C21H28N4O. The van der Waals surface area contributed by atoms with Gasteiger partial charge in [0.05, 0.1) is 5.52 Å².